The van der Waals surface area contributed by atoms with E-state index in [1.807, 2.05) is 4.90 Å². The number of hydrogen-bond donors (Lipinski definition) is 1. The minimum Gasteiger partial charge on any atom is -0.628 e. The lowest BCUT2D eigenvalue weighted by atomic mass is 9.51. The molecule has 0 unspecified atom stereocenters. The second-order valence-electron chi connectivity index (χ2n) is 8.54. The van der Waals surface area contributed by atoms with Gasteiger partial charge in [0.15, 0.2) is 0 Å². The lowest BCUT2D eigenvalue weighted by Crippen LogP contribution is -2.96. The van der Waals surface area contributed by atoms with Gasteiger partial charge in [0.1, 0.15) is 5.69 Å². The molecule has 0 aromatic heterocycles. The number of piperidine rings is 1. The van der Waals surface area contributed by atoms with Gasteiger partial charge in [0.2, 0.25) is 0 Å². The largest absolute Gasteiger partial charge is 0.628 e. The fraction of sp³-hybridized carbons (Fsp3) is 0.409. The molecule has 2 aromatic carbocycles. The van der Waals surface area contributed by atoms with E-state index in [9.17, 15) is 15.2 Å². The first-order valence-electron chi connectivity index (χ1n) is 9.46. The molecule has 0 radical (unpaired) electrons. The number of amides is 1. The Morgan fingerprint density at radius 1 is 1.07 bits per heavy atom. The van der Waals surface area contributed by atoms with Gasteiger partial charge >= 0.3 is 0 Å². The standard InChI is InChI=1S/C22H25N2O3/c1-21(2)19-14-16-6-4-5-7-18(16)22(21,3)12-13-23(19)20(25)15-8-10-17(11-9-15)24(26)27/h4-11,19,24H,12-14H2,1-3H3/q-1/t19-,22+/m1/s1. The van der Waals surface area contributed by atoms with Crippen LogP contribution in [0, 0.1) is 15.8 Å². The van der Waals surface area contributed by atoms with Gasteiger partial charge in [0.05, 0.1) is 0 Å². The number of benzene rings is 2. The molecule has 1 amide bonds. The molecule has 1 saturated heterocycles. The second-order valence-corrected chi connectivity index (χ2v) is 8.54. The average molecular weight is 365 g/mol. The highest BCUT2D eigenvalue weighted by Crippen LogP contribution is 2.56. The monoisotopic (exact) mass is 365 g/mol. The zero-order valence-electron chi connectivity index (χ0n) is 16.0. The number of hydrogen-bond acceptors (Lipinski definition) is 3. The molecule has 27 heavy (non-hydrogen) atoms. The van der Waals surface area contributed by atoms with Crippen LogP contribution >= 0.6 is 0 Å². The van der Waals surface area contributed by atoms with E-state index in [4.69, 9.17) is 0 Å². The smallest absolute Gasteiger partial charge is 0.254 e. The van der Waals surface area contributed by atoms with Gasteiger partial charge in [-0.15, -0.1) is 0 Å². The van der Waals surface area contributed by atoms with Crippen molar-refractivity contribution in [2.45, 2.75) is 45.1 Å². The van der Waals surface area contributed by atoms with Gasteiger partial charge in [0.25, 0.3) is 5.91 Å². The zero-order chi connectivity index (χ0) is 19.4. The first kappa shape index (κ1) is 18.2. The first-order valence-corrected chi connectivity index (χ1v) is 9.46. The molecular weight excluding hydrogens is 340 g/mol. The fourth-order valence-electron chi connectivity index (χ4n) is 5.03. The lowest BCUT2D eigenvalue weighted by Gasteiger charge is -2.60. The van der Waals surface area contributed by atoms with Crippen molar-refractivity contribution in [3.05, 3.63) is 75.6 Å². The van der Waals surface area contributed by atoms with E-state index in [0.717, 1.165) is 12.8 Å². The lowest BCUT2D eigenvalue weighted by molar-refractivity contribution is -0.715. The summed E-state index contributed by atoms with van der Waals surface area (Å²) in [7, 11) is 0. The molecule has 1 aliphatic carbocycles. The van der Waals surface area contributed by atoms with Crippen LogP contribution in [0.3, 0.4) is 0 Å². The third kappa shape index (κ3) is 2.61. The Morgan fingerprint density at radius 2 is 1.74 bits per heavy atom. The van der Waals surface area contributed by atoms with E-state index in [0.29, 0.717) is 12.1 Å². The van der Waals surface area contributed by atoms with E-state index < -0.39 is 5.23 Å². The molecule has 0 spiro atoms. The summed E-state index contributed by atoms with van der Waals surface area (Å²) in [5, 5.41) is 20.7. The first-order chi connectivity index (χ1) is 12.8. The summed E-state index contributed by atoms with van der Waals surface area (Å²) in [6.45, 7) is 7.58. The highest BCUT2D eigenvalue weighted by molar-refractivity contribution is 5.95. The third-order valence-electron chi connectivity index (χ3n) is 7.14. The maximum absolute atomic E-state index is 13.2. The van der Waals surface area contributed by atoms with Crippen molar-refractivity contribution in [1.29, 1.82) is 0 Å². The van der Waals surface area contributed by atoms with Gasteiger partial charge in [-0.3, -0.25) is 4.79 Å². The van der Waals surface area contributed by atoms with Crippen molar-refractivity contribution in [2.24, 2.45) is 5.41 Å². The van der Waals surface area contributed by atoms with Crippen molar-refractivity contribution in [3.63, 3.8) is 0 Å². The summed E-state index contributed by atoms with van der Waals surface area (Å²) in [5.41, 5.74) is 3.33. The number of rotatable bonds is 2. The van der Waals surface area contributed by atoms with Crippen LogP contribution in [0.5, 0.6) is 0 Å². The van der Waals surface area contributed by atoms with Crippen LogP contribution in [0.1, 0.15) is 48.7 Å². The highest BCUT2D eigenvalue weighted by atomic mass is 16.8. The van der Waals surface area contributed by atoms with Crippen molar-refractivity contribution in [3.8, 4) is 0 Å². The predicted octanol–water partition coefficient (Wildman–Crippen LogP) is 2.95. The number of carbonyl (C=O) groups is 1. The fourth-order valence-corrected chi connectivity index (χ4v) is 5.03. The Kier molecular flexibility index (Phi) is 4.14. The minimum atomic E-state index is -1.23. The molecule has 2 atom stereocenters. The molecule has 5 nitrogen and oxygen atoms in total. The van der Waals surface area contributed by atoms with Crippen molar-refractivity contribution >= 4 is 11.6 Å². The molecule has 1 heterocycles. The normalized spacial score (nSPS) is 26.0. The molecule has 1 aliphatic heterocycles. The Labute approximate surface area is 159 Å². The molecule has 5 heteroatoms. The molecule has 2 aromatic rings. The summed E-state index contributed by atoms with van der Waals surface area (Å²) in [6, 6.07) is 14.8. The molecule has 2 bridgehead atoms. The molecule has 1 fully saturated rings. The second kappa shape index (κ2) is 6.16. The minimum absolute atomic E-state index is 0.0283. The molecule has 4 rings (SSSR count). The van der Waals surface area contributed by atoms with Crippen LogP contribution in [-0.4, -0.2) is 23.4 Å². The number of nitrogens with zero attached hydrogens (tertiary/aromatic N) is 1. The third-order valence-corrected chi connectivity index (χ3v) is 7.14. The number of fused-ring (bicyclic) bond motifs is 4. The van der Waals surface area contributed by atoms with Crippen LogP contribution in [-0.2, 0) is 11.8 Å². The van der Waals surface area contributed by atoms with Crippen LogP contribution in [0.2, 0.25) is 0 Å². The Hall–Kier alpha value is -2.21. The Bertz CT molecular complexity index is 875. The van der Waals surface area contributed by atoms with Crippen LogP contribution in [0.25, 0.3) is 0 Å². The predicted molar refractivity (Wildman–Crippen MR) is 105 cm³/mol. The van der Waals surface area contributed by atoms with Gasteiger partial charge < -0.3 is 20.5 Å². The number of quaternary nitrogens is 1. The van der Waals surface area contributed by atoms with Gasteiger partial charge in [-0.2, -0.15) is 0 Å². The summed E-state index contributed by atoms with van der Waals surface area (Å²) in [4.78, 5) is 15.2. The van der Waals surface area contributed by atoms with Crippen molar-refractivity contribution < 1.29 is 10.0 Å². The number of likely N-dealkylation sites (tertiary alicyclic amines) is 1. The molecule has 142 valence electrons. The Morgan fingerprint density at radius 3 is 2.41 bits per heavy atom. The summed E-state index contributed by atoms with van der Waals surface area (Å²) in [5.74, 6) is -0.0283. The molecule has 2 aliphatic rings. The number of carbonyl (C=O) groups excluding carboxylic acids is 1. The summed E-state index contributed by atoms with van der Waals surface area (Å²) in [6.07, 6.45) is 1.76. The molecular formula is C22H25N2O3-. The van der Waals surface area contributed by atoms with Gasteiger partial charge in [-0.1, -0.05) is 45.0 Å². The maximum atomic E-state index is 13.2. The maximum Gasteiger partial charge on any atom is 0.254 e. The summed E-state index contributed by atoms with van der Waals surface area (Å²) < 4.78 is 0. The summed E-state index contributed by atoms with van der Waals surface area (Å²) >= 11 is 0. The molecule has 0 saturated carbocycles. The van der Waals surface area contributed by atoms with E-state index in [1.54, 1.807) is 12.1 Å². The van der Waals surface area contributed by atoms with Crippen molar-refractivity contribution in [2.75, 3.05) is 6.54 Å². The molecule has 1 N–H and O–H groups in total. The topological polar surface area (TPSA) is 70.9 Å². The van der Waals surface area contributed by atoms with E-state index in [1.165, 1.54) is 23.3 Å². The van der Waals surface area contributed by atoms with E-state index >= 15 is 0 Å². The zero-order valence-corrected chi connectivity index (χ0v) is 16.0. The number of nitrogens with one attached hydrogen (secondary N) is 1. The van der Waals surface area contributed by atoms with E-state index in [2.05, 4.69) is 45.0 Å². The quantitative estimate of drug-likeness (QED) is 0.832. The van der Waals surface area contributed by atoms with Gasteiger partial charge in [-0.05, 0) is 41.5 Å². The van der Waals surface area contributed by atoms with Gasteiger partial charge in [0, 0.05) is 35.7 Å². The van der Waals surface area contributed by atoms with Crippen LogP contribution in [0.15, 0.2) is 48.5 Å². The van der Waals surface area contributed by atoms with E-state index in [-0.39, 0.29) is 28.5 Å². The van der Waals surface area contributed by atoms with Crippen LogP contribution in [0.4, 0.5) is 5.69 Å². The van der Waals surface area contributed by atoms with Crippen LogP contribution < -0.4 is 5.23 Å². The SMILES string of the molecule is CC1(C)[C@H]2Cc3ccccc3[C@]1(C)CCN2C(=O)c1ccc([NH+]([O-])[O-])cc1. The average Bonchev–Trinajstić information content (AvgIpc) is 2.64. The van der Waals surface area contributed by atoms with Crippen molar-refractivity contribution in [1.82, 2.24) is 4.90 Å². The Balaban J connectivity index is 1.70. The van der Waals surface area contributed by atoms with Gasteiger partial charge in [-0.25, -0.2) is 0 Å². The highest BCUT2D eigenvalue weighted by Gasteiger charge is 2.56.